The van der Waals surface area contributed by atoms with Crippen LogP contribution in [0.5, 0.6) is 0 Å². The smallest absolute Gasteiger partial charge is 0.431 e. The molecule has 1 N–H and O–H groups in total. The first-order chi connectivity index (χ1) is 12.3. The van der Waals surface area contributed by atoms with Gasteiger partial charge in [-0.15, -0.1) is 0 Å². The van der Waals surface area contributed by atoms with Crippen LogP contribution in [0.4, 0.5) is 4.79 Å². The lowest BCUT2D eigenvalue weighted by Gasteiger charge is -2.21. The van der Waals surface area contributed by atoms with Crippen molar-refractivity contribution in [3.05, 3.63) is 59.5 Å². The van der Waals surface area contributed by atoms with E-state index in [1.54, 1.807) is 20.8 Å². The van der Waals surface area contributed by atoms with Gasteiger partial charge < -0.3 is 13.9 Å². The maximum Gasteiger partial charge on any atom is 0.431 e. The Labute approximate surface area is 154 Å². The molecule has 142 valence electrons. The Morgan fingerprint density at radius 2 is 1.88 bits per heavy atom. The molecule has 0 saturated carbocycles. The highest BCUT2D eigenvalue weighted by Gasteiger charge is 2.21. The summed E-state index contributed by atoms with van der Waals surface area (Å²) in [6, 6.07) is 13.6. The van der Waals surface area contributed by atoms with Gasteiger partial charge in [0.05, 0.1) is 13.2 Å². The molecule has 0 fully saturated rings. The zero-order valence-corrected chi connectivity index (χ0v) is 15.8. The fourth-order valence-corrected chi connectivity index (χ4v) is 2.26. The lowest BCUT2D eigenvalue weighted by Crippen LogP contribution is -2.33. The molecule has 2 aromatic rings. The van der Waals surface area contributed by atoms with Crippen molar-refractivity contribution in [2.24, 2.45) is 0 Å². The standard InChI is InChI=1S/C20H27NO5/c1-15-10-11-17(24-15)18(26-21-19(22)25-20(2,3)4)12-13-23-14-16-8-6-5-7-9-16/h5-11,18H,12-14H2,1-4H3,(H,21,22). The molecule has 1 unspecified atom stereocenters. The minimum absolute atomic E-state index is 0.454. The molecule has 1 amide bonds. The molecule has 26 heavy (non-hydrogen) atoms. The van der Waals surface area contributed by atoms with Crippen LogP contribution in [0.3, 0.4) is 0 Å². The second kappa shape index (κ2) is 9.40. The molecule has 1 aromatic carbocycles. The Morgan fingerprint density at radius 1 is 1.15 bits per heavy atom. The number of hydroxylamine groups is 1. The number of amides is 1. The van der Waals surface area contributed by atoms with Gasteiger partial charge in [-0.1, -0.05) is 30.3 Å². The van der Waals surface area contributed by atoms with Crippen LogP contribution in [-0.2, 0) is 20.9 Å². The van der Waals surface area contributed by atoms with E-state index in [1.165, 1.54) is 0 Å². The van der Waals surface area contributed by atoms with E-state index in [0.717, 1.165) is 11.3 Å². The maximum absolute atomic E-state index is 11.8. The van der Waals surface area contributed by atoms with E-state index in [-0.39, 0.29) is 0 Å². The van der Waals surface area contributed by atoms with E-state index in [0.29, 0.717) is 25.4 Å². The summed E-state index contributed by atoms with van der Waals surface area (Å²) in [5, 5.41) is 0. The first-order valence-electron chi connectivity index (χ1n) is 8.66. The summed E-state index contributed by atoms with van der Waals surface area (Å²) >= 11 is 0. The highest BCUT2D eigenvalue weighted by Crippen LogP contribution is 2.23. The molecule has 1 atom stereocenters. The van der Waals surface area contributed by atoms with Crippen LogP contribution >= 0.6 is 0 Å². The summed E-state index contributed by atoms with van der Waals surface area (Å²) in [4.78, 5) is 17.3. The third-order valence-electron chi connectivity index (χ3n) is 3.40. The molecular formula is C20H27NO5. The van der Waals surface area contributed by atoms with Crippen LogP contribution in [0, 0.1) is 6.92 Å². The minimum Gasteiger partial charge on any atom is -0.464 e. The van der Waals surface area contributed by atoms with Crippen molar-refractivity contribution in [2.45, 2.75) is 52.4 Å². The van der Waals surface area contributed by atoms with Crippen molar-refractivity contribution in [3.63, 3.8) is 0 Å². The normalized spacial score (nSPS) is 12.6. The molecule has 6 nitrogen and oxygen atoms in total. The zero-order valence-electron chi connectivity index (χ0n) is 15.8. The van der Waals surface area contributed by atoms with Gasteiger partial charge in [0.25, 0.3) is 0 Å². The topological polar surface area (TPSA) is 69.9 Å². The van der Waals surface area contributed by atoms with Crippen LogP contribution < -0.4 is 5.48 Å². The second-order valence-electron chi connectivity index (χ2n) is 6.99. The number of rotatable bonds is 8. The fourth-order valence-electron chi connectivity index (χ4n) is 2.26. The first kappa shape index (κ1) is 20.0. The number of furan rings is 1. The Balaban J connectivity index is 1.84. The molecule has 1 heterocycles. The minimum atomic E-state index is -0.643. The third kappa shape index (κ3) is 7.29. The second-order valence-corrected chi connectivity index (χ2v) is 6.99. The Bertz CT molecular complexity index is 675. The molecule has 1 aromatic heterocycles. The van der Waals surface area contributed by atoms with Gasteiger partial charge >= 0.3 is 6.09 Å². The molecule has 0 aliphatic carbocycles. The SMILES string of the molecule is Cc1ccc(C(CCOCc2ccccc2)ONC(=O)OC(C)(C)C)o1. The molecule has 0 bridgehead atoms. The van der Waals surface area contributed by atoms with Gasteiger partial charge in [0, 0.05) is 6.42 Å². The van der Waals surface area contributed by atoms with Gasteiger partial charge in [0.1, 0.15) is 23.2 Å². The predicted molar refractivity (Wildman–Crippen MR) is 97.4 cm³/mol. The van der Waals surface area contributed by atoms with Crippen LogP contribution in [0.25, 0.3) is 0 Å². The summed E-state index contributed by atoms with van der Waals surface area (Å²) in [6.45, 7) is 8.19. The molecule has 6 heteroatoms. The van der Waals surface area contributed by atoms with E-state index in [2.05, 4.69) is 5.48 Å². The van der Waals surface area contributed by atoms with Gasteiger partial charge in [-0.3, -0.25) is 4.84 Å². The highest BCUT2D eigenvalue weighted by atomic mass is 16.7. The number of ether oxygens (including phenoxy) is 2. The van der Waals surface area contributed by atoms with Gasteiger partial charge in [0.2, 0.25) is 0 Å². The van der Waals surface area contributed by atoms with Crippen molar-refractivity contribution < 1.29 is 23.5 Å². The average Bonchev–Trinajstić information content (AvgIpc) is 3.00. The number of benzene rings is 1. The average molecular weight is 361 g/mol. The predicted octanol–water partition coefficient (Wildman–Crippen LogP) is 4.69. The maximum atomic E-state index is 11.8. The van der Waals surface area contributed by atoms with Crippen LogP contribution in [0.2, 0.25) is 0 Å². The number of carbonyl (C=O) groups is 1. The third-order valence-corrected chi connectivity index (χ3v) is 3.40. The highest BCUT2D eigenvalue weighted by molar-refractivity contribution is 5.66. The zero-order chi connectivity index (χ0) is 19.0. The molecule has 0 saturated heterocycles. The van der Waals surface area contributed by atoms with Gasteiger partial charge in [-0.2, -0.15) is 5.48 Å². The lowest BCUT2D eigenvalue weighted by molar-refractivity contribution is -0.0621. The van der Waals surface area contributed by atoms with Crippen molar-refractivity contribution >= 4 is 6.09 Å². The van der Waals surface area contributed by atoms with Crippen LogP contribution in [0.1, 0.15) is 50.4 Å². The summed E-state index contributed by atoms with van der Waals surface area (Å²) in [5.74, 6) is 1.40. The molecular weight excluding hydrogens is 334 g/mol. The first-order valence-corrected chi connectivity index (χ1v) is 8.66. The Hall–Kier alpha value is -2.31. The molecule has 0 aliphatic rings. The van der Waals surface area contributed by atoms with E-state index in [1.807, 2.05) is 49.4 Å². The monoisotopic (exact) mass is 361 g/mol. The van der Waals surface area contributed by atoms with E-state index in [9.17, 15) is 4.79 Å². The van der Waals surface area contributed by atoms with Crippen LogP contribution in [0.15, 0.2) is 46.9 Å². The van der Waals surface area contributed by atoms with E-state index < -0.39 is 17.8 Å². The summed E-state index contributed by atoms with van der Waals surface area (Å²) in [5.41, 5.74) is 2.84. The van der Waals surface area contributed by atoms with Crippen molar-refractivity contribution in [2.75, 3.05) is 6.61 Å². The molecule has 0 aliphatic heterocycles. The van der Waals surface area contributed by atoms with Crippen molar-refractivity contribution in [1.82, 2.24) is 5.48 Å². The van der Waals surface area contributed by atoms with Crippen molar-refractivity contribution in [1.29, 1.82) is 0 Å². The molecule has 0 spiro atoms. The number of nitrogens with one attached hydrogen (secondary N) is 1. The van der Waals surface area contributed by atoms with E-state index in [4.69, 9.17) is 18.7 Å². The number of hydrogen-bond donors (Lipinski definition) is 1. The van der Waals surface area contributed by atoms with E-state index >= 15 is 0 Å². The van der Waals surface area contributed by atoms with Crippen LogP contribution in [-0.4, -0.2) is 18.3 Å². The number of aryl methyl sites for hydroxylation is 1. The lowest BCUT2D eigenvalue weighted by atomic mass is 10.2. The molecule has 2 rings (SSSR count). The number of hydrogen-bond acceptors (Lipinski definition) is 5. The Kier molecular flexibility index (Phi) is 7.24. The largest absolute Gasteiger partial charge is 0.464 e. The summed E-state index contributed by atoms with van der Waals surface area (Å²) in [6.07, 6.45) is -0.585. The quantitative estimate of drug-likeness (QED) is 0.545. The summed E-state index contributed by atoms with van der Waals surface area (Å²) in [7, 11) is 0. The fraction of sp³-hybridized carbons (Fsp3) is 0.450. The number of carbonyl (C=O) groups excluding carboxylic acids is 1. The summed E-state index contributed by atoms with van der Waals surface area (Å²) < 4.78 is 16.5. The van der Waals surface area contributed by atoms with Crippen molar-refractivity contribution in [3.8, 4) is 0 Å². The van der Waals surface area contributed by atoms with Gasteiger partial charge in [0.15, 0.2) is 0 Å². The Morgan fingerprint density at radius 3 is 2.50 bits per heavy atom. The van der Waals surface area contributed by atoms with Gasteiger partial charge in [-0.05, 0) is 45.4 Å². The molecule has 0 radical (unpaired) electrons. The van der Waals surface area contributed by atoms with Gasteiger partial charge in [-0.25, -0.2) is 4.79 Å².